The summed E-state index contributed by atoms with van der Waals surface area (Å²) in [6, 6.07) is 3.19. The maximum absolute atomic E-state index is 8.39. The van der Waals surface area contributed by atoms with E-state index in [-0.39, 0.29) is 39.7 Å². The van der Waals surface area contributed by atoms with Gasteiger partial charge in [-0.25, -0.2) is 15.0 Å². The highest BCUT2D eigenvalue weighted by atomic mass is 35.5. The Morgan fingerprint density at radius 3 is 2.61 bits per heavy atom. The number of nitrogen functional groups attached to an aromatic ring is 2. The van der Waals surface area contributed by atoms with Gasteiger partial charge in [-0.1, -0.05) is 11.6 Å². The van der Waals surface area contributed by atoms with Crippen LogP contribution in [0.5, 0.6) is 0 Å². The lowest BCUT2D eigenvalue weighted by molar-refractivity contribution is 0.131. The highest BCUT2D eigenvalue weighted by Crippen LogP contribution is 2.39. The summed E-state index contributed by atoms with van der Waals surface area (Å²) in [5.41, 5.74) is 19.0. The second-order valence-corrected chi connectivity index (χ2v) is 7.80. The second-order valence-electron chi connectivity index (χ2n) is 7.41. The number of anilines is 3. The summed E-state index contributed by atoms with van der Waals surface area (Å²) in [4.78, 5) is 14.9. The molecule has 28 heavy (non-hydrogen) atoms. The van der Waals surface area contributed by atoms with Crippen LogP contribution in [0.3, 0.4) is 0 Å². The van der Waals surface area contributed by atoms with Crippen molar-refractivity contribution in [3.63, 3.8) is 0 Å². The van der Waals surface area contributed by atoms with Gasteiger partial charge in [0.2, 0.25) is 0 Å². The molecule has 0 aromatic carbocycles. The van der Waals surface area contributed by atoms with E-state index in [4.69, 9.17) is 38.9 Å². The quantitative estimate of drug-likeness (QED) is 0.438. The molecule has 0 amide bonds. The Morgan fingerprint density at radius 1 is 1.25 bits per heavy atom. The molecule has 7 N–H and O–H groups in total. The number of piperidine rings is 1. The lowest BCUT2D eigenvalue weighted by atomic mass is 9.75. The number of hydrogen-bond donors (Lipinski definition) is 4. The van der Waals surface area contributed by atoms with Crippen molar-refractivity contribution in [2.24, 2.45) is 11.1 Å². The van der Waals surface area contributed by atoms with E-state index >= 15 is 0 Å². The van der Waals surface area contributed by atoms with E-state index in [1.807, 2.05) is 0 Å². The highest BCUT2D eigenvalue weighted by Gasteiger charge is 2.44. The van der Waals surface area contributed by atoms with Crippen LogP contribution >= 0.6 is 11.6 Å². The summed E-state index contributed by atoms with van der Waals surface area (Å²) < 4.78 is 5.57. The van der Waals surface area contributed by atoms with Crippen molar-refractivity contribution in [2.45, 2.75) is 18.9 Å². The molecule has 0 radical (unpaired) electrons. The van der Waals surface area contributed by atoms with Crippen LogP contribution in [0.4, 0.5) is 17.5 Å². The average Bonchev–Trinajstić information content (AvgIpc) is 3.01. The predicted molar refractivity (Wildman–Crippen MR) is 109 cm³/mol. The Balaban J connectivity index is 1.51. The number of aromatic nitrogens is 3. The van der Waals surface area contributed by atoms with E-state index in [1.165, 1.54) is 0 Å². The summed E-state index contributed by atoms with van der Waals surface area (Å²) in [6.07, 6.45) is 3.54. The summed E-state index contributed by atoms with van der Waals surface area (Å²) in [5.74, 6) is 1.12. The normalized spacial score (nSPS) is 21.2. The maximum atomic E-state index is 8.39. The fraction of sp³-hybridized carbons (Fsp3) is 0.444. The number of halogens is 1. The standard InChI is InChI=1S/C18H23ClN8O/c19-12-5-10(6-13(21)25-12)15(22)16-17(23)26-14(7-24-16)27-3-1-18(2-4-27)9-28-8-11(18)20/h5-7,11,22H,1-4,8-9,20H2,(H2,21,25)(H2,23,26). The zero-order valence-corrected chi connectivity index (χ0v) is 16.1. The smallest absolute Gasteiger partial charge is 0.154 e. The van der Waals surface area contributed by atoms with Crippen LogP contribution in [0.2, 0.25) is 5.15 Å². The second kappa shape index (κ2) is 7.16. The van der Waals surface area contributed by atoms with Gasteiger partial charge in [-0.3, -0.25) is 5.41 Å². The third-order valence-corrected chi connectivity index (χ3v) is 5.88. The molecule has 10 heteroatoms. The Bertz CT molecular complexity index is 892. The van der Waals surface area contributed by atoms with Gasteiger partial charge in [0.25, 0.3) is 0 Å². The molecule has 2 saturated heterocycles. The van der Waals surface area contributed by atoms with Gasteiger partial charge in [0.15, 0.2) is 5.82 Å². The summed E-state index contributed by atoms with van der Waals surface area (Å²) in [6.45, 7) is 2.99. The van der Waals surface area contributed by atoms with Gasteiger partial charge >= 0.3 is 0 Å². The van der Waals surface area contributed by atoms with Crippen LogP contribution in [0, 0.1) is 10.8 Å². The van der Waals surface area contributed by atoms with Crippen LogP contribution in [0.15, 0.2) is 18.3 Å². The van der Waals surface area contributed by atoms with Crippen molar-refractivity contribution < 1.29 is 4.74 Å². The van der Waals surface area contributed by atoms with Crippen LogP contribution in [-0.2, 0) is 4.74 Å². The number of nitrogens with one attached hydrogen (secondary N) is 1. The van der Waals surface area contributed by atoms with Crippen molar-refractivity contribution in [3.05, 3.63) is 34.7 Å². The first-order valence-electron chi connectivity index (χ1n) is 9.11. The fourth-order valence-electron chi connectivity index (χ4n) is 3.91. The molecule has 1 atom stereocenters. The third-order valence-electron chi connectivity index (χ3n) is 5.68. The van der Waals surface area contributed by atoms with E-state index in [0.717, 1.165) is 32.5 Å². The number of nitrogens with zero attached hydrogens (tertiary/aromatic N) is 4. The molecule has 0 aliphatic carbocycles. The number of rotatable bonds is 3. The monoisotopic (exact) mass is 402 g/mol. The van der Waals surface area contributed by atoms with Crippen molar-refractivity contribution in [3.8, 4) is 0 Å². The first-order chi connectivity index (χ1) is 13.4. The summed E-state index contributed by atoms with van der Waals surface area (Å²) in [7, 11) is 0. The van der Waals surface area contributed by atoms with Gasteiger partial charge in [-0.2, -0.15) is 0 Å². The predicted octanol–water partition coefficient (Wildman–Crippen LogP) is 1.05. The zero-order valence-electron chi connectivity index (χ0n) is 15.4. The van der Waals surface area contributed by atoms with Crippen LogP contribution in [0.25, 0.3) is 0 Å². The van der Waals surface area contributed by atoms with Crippen LogP contribution < -0.4 is 22.1 Å². The molecular formula is C18H23ClN8O. The SMILES string of the molecule is N=C(c1cc(N)nc(Cl)c1)c1ncc(N2CCC3(CC2)COCC3N)nc1N. The maximum Gasteiger partial charge on any atom is 0.154 e. The molecule has 2 fully saturated rings. The van der Waals surface area contributed by atoms with Crippen LogP contribution in [0.1, 0.15) is 24.1 Å². The van der Waals surface area contributed by atoms with Gasteiger partial charge in [-0.05, 0) is 25.0 Å². The number of nitrogens with two attached hydrogens (primary N) is 3. The van der Waals surface area contributed by atoms with Crippen molar-refractivity contribution in [1.29, 1.82) is 5.41 Å². The minimum Gasteiger partial charge on any atom is -0.384 e. The molecule has 148 valence electrons. The topological polar surface area (TPSA) is 153 Å². The Labute approximate surface area is 167 Å². The lowest BCUT2D eigenvalue weighted by Gasteiger charge is -2.41. The van der Waals surface area contributed by atoms with Crippen LogP contribution in [-0.4, -0.2) is 53.0 Å². The van der Waals surface area contributed by atoms with Gasteiger partial charge in [-0.15, -0.1) is 0 Å². The molecule has 2 aliphatic rings. The minimum atomic E-state index is 0.0675. The minimum absolute atomic E-state index is 0.0675. The molecule has 2 aromatic rings. The zero-order chi connectivity index (χ0) is 19.9. The van der Waals surface area contributed by atoms with Crippen molar-refractivity contribution in [2.75, 3.05) is 42.7 Å². The van der Waals surface area contributed by atoms with E-state index in [0.29, 0.717) is 18.0 Å². The number of ether oxygens (including phenoxy) is 1. The Hall–Kier alpha value is -2.49. The van der Waals surface area contributed by atoms with E-state index in [9.17, 15) is 0 Å². The average molecular weight is 403 g/mol. The van der Waals surface area contributed by atoms with E-state index in [2.05, 4.69) is 19.9 Å². The van der Waals surface area contributed by atoms with Gasteiger partial charge in [0, 0.05) is 30.1 Å². The first-order valence-corrected chi connectivity index (χ1v) is 9.49. The number of pyridine rings is 1. The molecule has 0 saturated carbocycles. The first kappa shape index (κ1) is 18.9. The summed E-state index contributed by atoms with van der Waals surface area (Å²) in [5, 5.41) is 8.59. The van der Waals surface area contributed by atoms with Crippen molar-refractivity contribution >= 4 is 34.8 Å². The molecule has 9 nitrogen and oxygen atoms in total. The summed E-state index contributed by atoms with van der Waals surface area (Å²) >= 11 is 5.93. The van der Waals surface area contributed by atoms with E-state index < -0.39 is 0 Å². The Morgan fingerprint density at radius 2 is 2.00 bits per heavy atom. The third kappa shape index (κ3) is 3.36. The molecular weight excluding hydrogens is 380 g/mol. The fourth-order valence-corrected chi connectivity index (χ4v) is 4.12. The largest absolute Gasteiger partial charge is 0.384 e. The lowest BCUT2D eigenvalue weighted by Crippen LogP contribution is -2.49. The van der Waals surface area contributed by atoms with Gasteiger partial charge in [0.1, 0.15) is 22.5 Å². The molecule has 1 unspecified atom stereocenters. The molecule has 4 rings (SSSR count). The molecule has 1 spiro atoms. The van der Waals surface area contributed by atoms with Gasteiger partial charge in [0.05, 0.1) is 25.1 Å². The molecule has 2 aromatic heterocycles. The van der Waals surface area contributed by atoms with Crippen molar-refractivity contribution in [1.82, 2.24) is 15.0 Å². The molecule has 4 heterocycles. The van der Waals surface area contributed by atoms with E-state index in [1.54, 1.807) is 18.3 Å². The molecule has 2 aliphatic heterocycles. The highest BCUT2D eigenvalue weighted by molar-refractivity contribution is 6.30. The molecule has 0 bridgehead atoms. The Kier molecular flexibility index (Phi) is 4.82. The van der Waals surface area contributed by atoms with Gasteiger partial charge < -0.3 is 26.8 Å². The number of hydrogen-bond acceptors (Lipinski definition) is 9.